The molecule has 3 aromatic rings. The first-order valence-electron chi connectivity index (χ1n) is 8.27. The highest BCUT2D eigenvalue weighted by atomic mass is 35.5. The minimum absolute atomic E-state index is 0. The predicted molar refractivity (Wildman–Crippen MR) is 111 cm³/mol. The number of nitrogens with two attached hydrogens (primary N) is 1. The van der Waals surface area contributed by atoms with Gasteiger partial charge in [-0.05, 0) is 45.9 Å². The lowest BCUT2D eigenvalue weighted by molar-refractivity contribution is 0.0917. The first-order chi connectivity index (χ1) is 11.8. The lowest BCUT2D eigenvalue weighted by Crippen LogP contribution is -2.48. The zero-order valence-electron chi connectivity index (χ0n) is 15.7. The van der Waals surface area contributed by atoms with E-state index in [1.165, 1.54) is 0 Å². The van der Waals surface area contributed by atoms with Crippen LogP contribution in [0.15, 0.2) is 35.1 Å². The maximum atomic E-state index is 12.9. The fraction of sp³-hybridized carbons (Fsp3) is 0.389. The Labute approximate surface area is 170 Å². The standard InChI is InChI=1S/C18H23N5O2.2ClH/c1-11(2)23-16-13(9-20-23)12(17(24)22-18(3,4)10-19)8-14(21-16)15-6-5-7-25-15;;/h5-9,11H,10,19H2,1-4H3,(H,22,24);2*1H. The van der Waals surface area contributed by atoms with E-state index in [-0.39, 0.29) is 36.8 Å². The van der Waals surface area contributed by atoms with Crippen LogP contribution in [0.3, 0.4) is 0 Å². The summed E-state index contributed by atoms with van der Waals surface area (Å²) in [5, 5.41) is 8.06. The fourth-order valence-corrected chi connectivity index (χ4v) is 2.56. The Morgan fingerprint density at radius 2 is 2.07 bits per heavy atom. The van der Waals surface area contributed by atoms with Crippen molar-refractivity contribution in [1.29, 1.82) is 0 Å². The molecule has 3 N–H and O–H groups in total. The third-order valence-corrected chi connectivity index (χ3v) is 4.04. The molecule has 1 amide bonds. The Hall–Kier alpha value is -2.09. The smallest absolute Gasteiger partial charge is 0.252 e. The number of pyridine rings is 1. The van der Waals surface area contributed by atoms with Gasteiger partial charge in [0.2, 0.25) is 0 Å². The van der Waals surface area contributed by atoms with Crippen molar-refractivity contribution in [2.24, 2.45) is 5.73 Å². The summed E-state index contributed by atoms with van der Waals surface area (Å²) < 4.78 is 7.26. The van der Waals surface area contributed by atoms with E-state index in [4.69, 9.17) is 10.2 Å². The van der Waals surface area contributed by atoms with Gasteiger partial charge in [-0.3, -0.25) is 4.79 Å². The van der Waals surface area contributed by atoms with Crippen LogP contribution in [0.5, 0.6) is 0 Å². The Bertz CT molecular complexity index is 904. The summed E-state index contributed by atoms with van der Waals surface area (Å²) >= 11 is 0. The Morgan fingerprint density at radius 3 is 2.63 bits per heavy atom. The van der Waals surface area contributed by atoms with Gasteiger partial charge in [0, 0.05) is 18.1 Å². The summed E-state index contributed by atoms with van der Waals surface area (Å²) in [6, 6.07) is 5.46. The van der Waals surface area contributed by atoms with Gasteiger partial charge < -0.3 is 15.5 Å². The number of carbonyl (C=O) groups excluding carboxylic acids is 1. The molecule has 148 valence electrons. The van der Waals surface area contributed by atoms with Crippen LogP contribution in [0.1, 0.15) is 44.1 Å². The van der Waals surface area contributed by atoms with E-state index in [1.807, 2.05) is 33.8 Å². The van der Waals surface area contributed by atoms with Crippen molar-refractivity contribution in [2.45, 2.75) is 39.3 Å². The molecule has 0 unspecified atom stereocenters. The molecular formula is C18H25Cl2N5O2. The van der Waals surface area contributed by atoms with Crippen LogP contribution in [-0.4, -0.2) is 32.8 Å². The summed E-state index contributed by atoms with van der Waals surface area (Å²) in [6.45, 7) is 8.14. The summed E-state index contributed by atoms with van der Waals surface area (Å²) in [5.41, 5.74) is 6.98. The molecule has 0 saturated heterocycles. The van der Waals surface area contributed by atoms with Gasteiger partial charge in [0.1, 0.15) is 5.69 Å². The number of fused-ring (bicyclic) bond motifs is 1. The zero-order valence-corrected chi connectivity index (χ0v) is 17.4. The maximum absolute atomic E-state index is 12.9. The van der Waals surface area contributed by atoms with Crippen molar-refractivity contribution in [3.63, 3.8) is 0 Å². The number of hydrogen-bond acceptors (Lipinski definition) is 5. The number of carbonyl (C=O) groups is 1. The molecule has 3 aromatic heterocycles. The molecule has 0 spiro atoms. The van der Waals surface area contributed by atoms with Gasteiger partial charge in [-0.2, -0.15) is 5.10 Å². The van der Waals surface area contributed by atoms with Crippen LogP contribution < -0.4 is 11.1 Å². The van der Waals surface area contributed by atoms with Crippen LogP contribution in [0.25, 0.3) is 22.5 Å². The molecule has 3 heterocycles. The van der Waals surface area contributed by atoms with Gasteiger partial charge in [0.05, 0.1) is 23.4 Å². The number of aromatic nitrogens is 3. The van der Waals surface area contributed by atoms with Gasteiger partial charge in [-0.15, -0.1) is 24.8 Å². The van der Waals surface area contributed by atoms with Crippen molar-refractivity contribution in [3.8, 4) is 11.5 Å². The molecule has 3 rings (SSSR count). The molecule has 9 heteroatoms. The summed E-state index contributed by atoms with van der Waals surface area (Å²) in [4.78, 5) is 17.5. The predicted octanol–water partition coefficient (Wildman–Crippen LogP) is 3.58. The van der Waals surface area contributed by atoms with E-state index in [9.17, 15) is 4.79 Å². The summed E-state index contributed by atoms with van der Waals surface area (Å²) in [5.74, 6) is 0.393. The number of halogens is 2. The van der Waals surface area contributed by atoms with E-state index in [0.717, 1.165) is 0 Å². The minimum atomic E-state index is -0.508. The van der Waals surface area contributed by atoms with Gasteiger partial charge in [-0.1, -0.05) is 0 Å². The normalized spacial score (nSPS) is 11.2. The third kappa shape index (κ3) is 4.61. The zero-order chi connectivity index (χ0) is 18.2. The highest BCUT2D eigenvalue weighted by Gasteiger charge is 2.23. The Balaban J connectivity index is 0.00000182. The molecule has 0 aliphatic rings. The first-order valence-corrected chi connectivity index (χ1v) is 8.27. The molecular weight excluding hydrogens is 389 g/mol. The first kappa shape index (κ1) is 23.0. The van der Waals surface area contributed by atoms with Crippen molar-refractivity contribution < 1.29 is 9.21 Å². The van der Waals surface area contributed by atoms with Crippen molar-refractivity contribution in [3.05, 3.63) is 36.2 Å². The van der Waals surface area contributed by atoms with Gasteiger partial charge in [0.25, 0.3) is 5.91 Å². The SMILES string of the molecule is CC(C)n1ncc2c(C(=O)NC(C)(C)CN)cc(-c3ccco3)nc21.Cl.Cl. The molecule has 0 aliphatic carbocycles. The lowest BCUT2D eigenvalue weighted by atomic mass is 10.0. The van der Waals surface area contributed by atoms with Crippen molar-refractivity contribution >= 4 is 41.8 Å². The second-order valence-electron chi connectivity index (χ2n) is 6.99. The lowest BCUT2D eigenvalue weighted by Gasteiger charge is -2.24. The molecule has 0 radical (unpaired) electrons. The molecule has 0 atom stereocenters. The average molecular weight is 414 g/mol. The number of rotatable bonds is 5. The fourth-order valence-electron chi connectivity index (χ4n) is 2.56. The van der Waals surface area contributed by atoms with Crippen LogP contribution >= 0.6 is 24.8 Å². The van der Waals surface area contributed by atoms with Crippen molar-refractivity contribution in [1.82, 2.24) is 20.1 Å². The number of hydrogen-bond donors (Lipinski definition) is 2. The Morgan fingerprint density at radius 1 is 1.37 bits per heavy atom. The topological polar surface area (TPSA) is 99.0 Å². The summed E-state index contributed by atoms with van der Waals surface area (Å²) in [6.07, 6.45) is 3.26. The van der Waals surface area contributed by atoms with E-state index >= 15 is 0 Å². The van der Waals surface area contributed by atoms with E-state index in [0.29, 0.717) is 34.6 Å². The molecule has 0 saturated carbocycles. The van der Waals surface area contributed by atoms with Gasteiger partial charge >= 0.3 is 0 Å². The second kappa shape index (κ2) is 8.73. The van der Waals surface area contributed by atoms with Crippen LogP contribution in [-0.2, 0) is 0 Å². The molecule has 27 heavy (non-hydrogen) atoms. The molecule has 0 aliphatic heterocycles. The molecule has 0 fully saturated rings. The molecule has 0 bridgehead atoms. The number of amides is 1. The van der Waals surface area contributed by atoms with E-state index < -0.39 is 5.54 Å². The van der Waals surface area contributed by atoms with Gasteiger partial charge in [-0.25, -0.2) is 9.67 Å². The van der Waals surface area contributed by atoms with Crippen LogP contribution in [0.4, 0.5) is 0 Å². The van der Waals surface area contributed by atoms with Crippen LogP contribution in [0, 0.1) is 0 Å². The number of nitrogens with zero attached hydrogens (tertiary/aromatic N) is 3. The quantitative estimate of drug-likeness (QED) is 0.665. The van der Waals surface area contributed by atoms with E-state index in [1.54, 1.807) is 29.3 Å². The minimum Gasteiger partial charge on any atom is -0.463 e. The Kier molecular flexibility index (Phi) is 7.42. The number of nitrogens with one attached hydrogen (secondary N) is 1. The van der Waals surface area contributed by atoms with Crippen LogP contribution in [0.2, 0.25) is 0 Å². The van der Waals surface area contributed by atoms with E-state index in [2.05, 4.69) is 15.4 Å². The summed E-state index contributed by atoms with van der Waals surface area (Å²) in [7, 11) is 0. The molecule has 7 nitrogen and oxygen atoms in total. The highest BCUT2D eigenvalue weighted by molar-refractivity contribution is 6.06. The second-order valence-corrected chi connectivity index (χ2v) is 6.99. The average Bonchev–Trinajstić information content (AvgIpc) is 3.22. The van der Waals surface area contributed by atoms with Crippen molar-refractivity contribution in [2.75, 3.05) is 6.54 Å². The maximum Gasteiger partial charge on any atom is 0.252 e. The third-order valence-electron chi connectivity index (χ3n) is 4.04. The molecule has 0 aromatic carbocycles. The van der Waals surface area contributed by atoms with Gasteiger partial charge in [0.15, 0.2) is 11.4 Å². The monoisotopic (exact) mass is 413 g/mol. The number of furan rings is 1. The highest BCUT2D eigenvalue weighted by Crippen LogP contribution is 2.27. The largest absolute Gasteiger partial charge is 0.463 e.